The normalized spacial score (nSPS) is 10.2. The third-order valence-electron chi connectivity index (χ3n) is 4.03. The van der Waals surface area contributed by atoms with E-state index < -0.39 is 10.8 Å². The Balaban J connectivity index is 1.89. The molecule has 0 unspecified atom stereocenters. The largest absolute Gasteiger partial charge is 0.348 e. The molecule has 0 saturated heterocycles. The van der Waals surface area contributed by atoms with Gasteiger partial charge in [-0.3, -0.25) is 19.7 Å². The maximum absolute atomic E-state index is 12.6. The first kappa shape index (κ1) is 18.0. The highest BCUT2D eigenvalue weighted by molar-refractivity contribution is 6.10. The van der Waals surface area contributed by atoms with Crippen LogP contribution >= 0.6 is 0 Å². The molecule has 0 bridgehead atoms. The van der Waals surface area contributed by atoms with Crippen molar-refractivity contribution >= 4 is 17.4 Å². The molecular formula is C21H16N2O4. The number of nitro benzene ring substituents is 1. The number of nitro groups is 1. The van der Waals surface area contributed by atoms with E-state index in [9.17, 15) is 19.7 Å². The summed E-state index contributed by atoms with van der Waals surface area (Å²) in [6, 6.07) is 21.6. The zero-order valence-electron chi connectivity index (χ0n) is 14.3. The topological polar surface area (TPSA) is 89.3 Å². The molecule has 27 heavy (non-hydrogen) atoms. The van der Waals surface area contributed by atoms with Crippen LogP contribution in [0.4, 0.5) is 5.69 Å². The number of carbonyl (C=O) groups is 2. The molecule has 0 aromatic heterocycles. The lowest BCUT2D eigenvalue weighted by Crippen LogP contribution is -2.24. The van der Waals surface area contributed by atoms with E-state index in [0.717, 1.165) is 5.56 Å². The Morgan fingerprint density at radius 1 is 0.852 bits per heavy atom. The molecule has 1 amide bonds. The molecule has 0 fully saturated rings. The zero-order valence-corrected chi connectivity index (χ0v) is 14.3. The molecule has 0 aliphatic rings. The first-order valence-electron chi connectivity index (χ1n) is 8.26. The van der Waals surface area contributed by atoms with Gasteiger partial charge in [0.25, 0.3) is 11.6 Å². The lowest BCUT2D eigenvalue weighted by atomic mass is 10.00. The number of amides is 1. The van der Waals surface area contributed by atoms with Crippen LogP contribution in [0.2, 0.25) is 0 Å². The number of hydrogen-bond donors (Lipinski definition) is 1. The molecule has 0 saturated carbocycles. The van der Waals surface area contributed by atoms with Crippen molar-refractivity contribution in [3.63, 3.8) is 0 Å². The highest BCUT2D eigenvalue weighted by Gasteiger charge is 2.22. The summed E-state index contributed by atoms with van der Waals surface area (Å²) in [5.74, 6) is -0.907. The Hall–Kier alpha value is -3.80. The number of ketones is 1. The van der Waals surface area contributed by atoms with Crippen LogP contribution in [0.1, 0.15) is 31.8 Å². The third kappa shape index (κ3) is 4.24. The van der Waals surface area contributed by atoms with Crippen molar-refractivity contribution in [1.82, 2.24) is 5.32 Å². The monoisotopic (exact) mass is 360 g/mol. The average molecular weight is 360 g/mol. The summed E-state index contributed by atoms with van der Waals surface area (Å²) in [4.78, 5) is 35.8. The van der Waals surface area contributed by atoms with Crippen molar-refractivity contribution in [1.29, 1.82) is 0 Å². The quantitative estimate of drug-likeness (QED) is 0.412. The summed E-state index contributed by atoms with van der Waals surface area (Å²) in [6.07, 6.45) is 0. The van der Waals surface area contributed by atoms with Gasteiger partial charge in [0, 0.05) is 23.7 Å². The molecule has 0 atom stereocenters. The van der Waals surface area contributed by atoms with Crippen LogP contribution in [0.15, 0.2) is 78.9 Å². The van der Waals surface area contributed by atoms with Gasteiger partial charge in [-0.15, -0.1) is 0 Å². The molecule has 3 aromatic rings. The van der Waals surface area contributed by atoms with Gasteiger partial charge in [0.2, 0.25) is 0 Å². The SMILES string of the molecule is O=C(c1ccccc1)c1ccc([N+](=O)[O-])c(C(=O)NCc2ccccc2)c1. The molecule has 1 N–H and O–H groups in total. The molecule has 0 aliphatic carbocycles. The second-order valence-corrected chi connectivity index (χ2v) is 5.85. The second kappa shape index (κ2) is 8.05. The van der Waals surface area contributed by atoms with E-state index in [0.29, 0.717) is 5.56 Å². The molecule has 6 nitrogen and oxygen atoms in total. The Morgan fingerprint density at radius 3 is 2.11 bits per heavy atom. The number of nitrogens with one attached hydrogen (secondary N) is 1. The van der Waals surface area contributed by atoms with Gasteiger partial charge in [-0.25, -0.2) is 0 Å². The van der Waals surface area contributed by atoms with Crippen LogP contribution in [0.5, 0.6) is 0 Å². The molecule has 134 valence electrons. The number of hydrogen-bond acceptors (Lipinski definition) is 4. The van der Waals surface area contributed by atoms with Gasteiger partial charge in [-0.05, 0) is 17.7 Å². The molecule has 3 aromatic carbocycles. The number of carbonyl (C=O) groups excluding carboxylic acids is 2. The van der Waals surface area contributed by atoms with Gasteiger partial charge < -0.3 is 5.32 Å². The van der Waals surface area contributed by atoms with Crippen LogP contribution in [0, 0.1) is 10.1 Å². The summed E-state index contributed by atoms with van der Waals surface area (Å²) in [7, 11) is 0. The highest BCUT2D eigenvalue weighted by Crippen LogP contribution is 2.22. The van der Waals surface area contributed by atoms with E-state index in [1.807, 2.05) is 30.3 Å². The number of rotatable bonds is 6. The van der Waals surface area contributed by atoms with E-state index in [1.165, 1.54) is 18.2 Å². The van der Waals surface area contributed by atoms with Crippen molar-refractivity contribution in [2.24, 2.45) is 0 Å². The van der Waals surface area contributed by atoms with E-state index >= 15 is 0 Å². The van der Waals surface area contributed by atoms with Crippen molar-refractivity contribution < 1.29 is 14.5 Å². The van der Waals surface area contributed by atoms with Crippen LogP contribution < -0.4 is 5.32 Å². The third-order valence-corrected chi connectivity index (χ3v) is 4.03. The lowest BCUT2D eigenvalue weighted by Gasteiger charge is -2.08. The fourth-order valence-electron chi connectivity index (χ4n) is 2.65. The Labute approximate surface area is 155 Å². The Morgan fingerprint density at radius 2 is 1.48 bits per heavy atom. The molecule has 6 heteroatoms. The van der Waals surface area contributed by atoms with Crippen LogP contribution in [0.3, 0.4) is 0 Å². The van der Waals surface area contributed by atoms with Gasteiger partial charge in [-0.1, -0.05) is 60.7 Å². The van der Waals surface area contributed by atoms with Gasteiger partial charge in [0.15, 0.2) is 5.78 Å². The van der Waals surface area contributed by atoms with Gasteiger partial charge in [0.1, 0.15) is 5.56 Å². The predicted octanol–water partition coefficient (Wildman–Crippen LogP) is 3.76. The van der Waals surface area contributed by atoms with E-state index in [4.69, 9.17) is 0 Å². The molecular weight excluding hydrogens is 344 g/mol. The fourth-order valence-corrected chi connectivity index (χ4v) is 2.65. The van der Waals surface area contributed by atoms with Crippen LogP contribution in [-0.4, -0.2) is 16.6 Å². The summed E-state index contributed by atoms with van der Waals surface area (Å²) in [5.41, 5.74) is 1.05. The molecule has 3 rings (SSSR count). The first-order chi connectivity index (χ1) is 13.1. The lowest BCUT2D eigenvalue weighted by molar-refractivity contribution is -0.385. The smallest absolute Gasteiger partial charge is 0.282 e. The highest BCUT2D eigenvalue weighted by atomic mass is 16.6. The van der Waals surface area contributed by atoms with Crippen LogP contribution in [-0.2, 0) is 6.54 Å². The van der Waals surface area contributed by atoms with Crippen molar-refractivity contribution in [2.75, 3.05) is 0 Å². The summed E-state index contributed by atoms with van der Waals surface area (Å²) in [6.45, 7) is 0.230. The van der Waals surface area contributed by atoms with E-state index in [-0.39, 0.29) is 29.1 Å². The minimum atomic E-state index is -0.631. The molecule has 0 spiro atoms. The van der Waals surface area contributed by atoms with Crippen molar-refractivity contribution in [2.45, 2.75) is 6.54 Å². The number of nitrogens with zero attached hydrogens (tertiary/aromatic N) is 1. The second-order valence-electron chi connectivity index (χ2n) is 5.85. The fraction of sp³-hybridized carbons (Fsp3) is 0.0476. The summed E-state index contributed by atoms with van der Waals surface area (Å²) < 4.78 is 0. The minimum absolute atomic E-state index is 0.141. The summed E-state index contributed by atoms with van der Waals surface area (Å²) >= 11 is 0. The zero-order chi connectivity index (χ0) is 19.2. The molecule has 0 radical (unpaired) electrons. The number of benzene rings is 3. The van der Waals surface area contributed by atoms with Gasteiger partial charge in [0.05, 0.1) is 4.92 Å². The first-order valence-corrected chi connectivity index (χ1v) is 8.26. The molecule has 0 aliphatic heterocycles. The Kier molecular flexibility index (Phi) is 5.37. The van der Waals surface area contributed by atoms with E-state index in [1.54, 1.807) is 30.3 Å². The molecule has 0 heterocycles. The maximum atomic E-state index is 12.6. The summed E-state index contributed by atoms with van der Waals surface area (Å²) in [5, 5.41) is 14.0. The average Bonchev–Trinajstić information content (AvgIpc) is 2.72. The van der Waals surface area contributed by atoms with Crippen molar-refractivity contribution in [3.8, 4) is 0 Å². The standard InChI is InChI=1S/C21H16N2O4/c24-20(16-9-5-2-6-10-16)17-11-12-19(23(26)27)18(13-17)21(25)22-14-15-7-3-1-4-8-15/h1-13H,14H2,(H,22,25). The van der Waals surface area contributed by atoms with Crippen molar-refractivity contribution in [3.05, 3.63) is 111 Å². The van der Waals surface area contributed by atoms with Gasteiger partial charge >= 0.3 is 0 Å². The van der Waals surface area contributed by atoms with Crippen LogP contribution in [0.25, 0.3) is 0 Å². The van der Waals surface area contributed by atoms with Gasteiger partial charge in [-0.2, -0.15) is 0 Å². The maximum Gasteiger partial charge on any atom is 0.282 e. The van der Waals surface area contributed by atoms with E-state index in [2.05, 4.69) is 5.32 Å². The predicted molar refractivity (Wildman–Crippen MR) is 101 cm³/mol. The Bertz CT molecular complexity index is 986. The minimum Gasteiger partial charge on any atom is -0.348 e.